The molecule has 0 radical (unpaired) electrons. The van der Waals surface area contributed by atoms with E-state index in [1.165, 1.54) is 11.8 Å². The summed E-state index contributed by atoms with van der Waals surface area (Å²) in [5, 5.41) is 1.81. The number of pyridine rings is 1. The molecule has 0 spiro atoms. The number of anilines is 1. The Kier molecular flexibility index (Phi) is 3.26. The lowest BCUT2D eigenvalue weighted by Crippen LogP contribution is -1.94. The Bertz CT molecular complexity index is 518. The van der Waals surface area contributed by atoms with Crippen LogP contribution in [0.25, 0.3) is 0 Å². The summed E-state index contributed by atoms with van der Waals surface area (Å²) < 4.78 is 0. The van der Waals surface area contributed by atoms with Gasteiger partial charge >= 0.3 is 0 Å². The van der Waals surface area contributed by atoms with E-state index in [-0.39, 0.29) is 0 Å². The van der Waals surface area contributed by atoms with Gasteiger partial charge in [0.1, 0.15) is 5.03 Å². The average Bonchev–Trinajstić information content (AvgIpc) is 2.22. The number of rotatable bonds is 2. The van der Waals surface area contributed by atoms with E-state index in [1.54, 1.807) is 18.5 Å². The minimum Gasteiger partial charge on any atom is -0.396 e. The third kappa shape index (κ3) is 2.62. The molecule has 2 aromatic heterocycles. The molecule has 4 nitrogen and oxygen atoms in total. The lowest BCUT2D eigenvalue weighted by molar-refractivity contribution is 0.928. The highest BCUT2D eigenvalue weighted by atomic mass is 35.5. The lowest BCUT2D eigenvalue weighted by Gasteiger charge is -2.03. The van der Waals surface area contributed by atoms with Crippen LogP contribution in [0.15, 0.2) is 34.7 Å². The van der Waals surface area contributed by atoms with E-state index in [1.807, 2.05) is 13.0 Å². The molecule has 16 heavy (non-hydrogen) atoms. The second-order valence-electron chi connectivity index (χ2n) is 3.13. The molecule has 0 saturated heterocycles. The Morgan fingerprint density at radius 3 is 2.88 bits per heavy atom. The van der Waals surface area contributed by atoms with Crippen molar-refractivity contribution >= 4 is 29.1 Å². The van der Waals surface area contributed by atoms with Crippen LogP contribution in [0, 0.1) is 6.92 Å². The van der Waals surface area contributed by atoms with Gasteiger partial charge in [-0.05, 0) is 30.8 Å². The molecule has 2 rings (SSSR count). The molecule has 2 aromatic rings. The Morgan fingerprint density at radius 2 is 2.19 bits per heavy atom. The smallest absolute Gasteiger partial charge is 0.194 e. The lowest BCUT2D eigenvalue weighted by atomic mass is 10.4. The Hall–Kier alpha value is -1.33. The van der Waals surface area contributed by atoms with Crippen molar-refractivity contribution in [3.8, 4) is 0 Å². The predicted molar refractivity (Wildman–Crippen MR) is 64.6 cm³/mol. The van der Waals surface area contributed by atoms with Crippen LogP contribution in [0.3, 0.4) is 0 Å². The van der Waals surface area contributed by atoms with Gasteiger partial charge in [0.15, 0.2) is 5.16 Å². The number of aromatic nitrogens is 3. The summed E-state index contributed by atoms with van der Waals surface area (Å²) in [6.07, 6.45) is 3.26. The molecular formula is C10H9ClN4S. The minimum atomic E-state index is 0.520. The highest BCUT2D eigenvalue weighted by molar-refractivity contribution is 7.99. The molecule has 0 unspecified atom stereocenters. The molecule has 0 aromatic carbocycles. The molecule has 0 amide bonds. The fraction of sp³-hybridized carbons (Fsp3) is 0.100. The van der Waals surface area contributed by atoms with Crippen molar-refractivity contribution < 1.29 is 0 Å². The van der Waals surface area contributed by atoms with Crippen LogP contribution >= 0.6 is 23.4 Å². The maximum absolute atomic E-state index is 5.78. The second kappa shape index (κ2) is 4.67. The van der Waals surface area contributed by atoms with Crippen molar-refractivity contribution in [2.45, 2.75) is 17.1 Å². The molecule has 2 N–H and O–H groups in total. The highest BCUT2D eigenvalue weighted by Gasteiger charge is 2.06. The summed E-state index contributed by atoms with van der Waals surface area (Å²) in [4.78, 5) is 12.5. The number of halogens is 1. The summed E-state index contributed by atoms with van der Waals surface area (Å²) in [7, 11) is 0. The van der Waals surface area contributed by atoms with Crippen LogP contribution in [-0.4, -0.2) is 15.0 Å². The molecule has 0 fully saturated rings. The average molecular weight is 253 g/mol. The van der Waals surface area contributed by atoms with E-state index in [4.69, 9.17) is 17.3 Å². The van der Waals surface area contributed by atoms with Gasteiger partial charge in [-0.1, -0.05) is 11.6 Å². The molecule has 0 atom stereocenters. The summed E-state index contributed by atoms with van der Waals surface area (Å²) in [5.41, 5.74) is 7.22. The molecule has 2 heterocycles. The summed E-state index contributed by atoms with van der Waals surface area (Å²) in [6.45, 7) is 1.91. The Morgan fingerprint density at radius 1 is 1.38 bits per heavy atom. The number of nitrogen functional groups attached to an aromatic ring is 1. The van der Waals surface area contributed by atoms with Gasteiger partial charge in [0.25, 0.3) is 0 Å². The Balaban J connectivity index is 2.27. The number of nitrogens with two attached hydrogens (primary N) is 1. The largest absolute Gasteiger partial charge is 0.396 e. The fourth-order valence-corrected chi connectivity index (χ4v) is 2.01. The van der Waals surface area contributed by atoms with Gasteiger partial charge in [0, 0.05) is 18.1 Å². The first-order chi connectivity index (χ1) is 7.65. The Labute approximate surface area is 102 Å². The van der Waals surface area contributed by atoms with Crippen LogP contribution in [0.2, 0.25) is 5.02 Å². The quantitative estimate of drug-likeness (QED) is 0.833. The fourth-order valence-electron chi connectivity index (χ4n) is 1.09. The van der Waals surface area contributed by atoms with Crippen molar-refractivity contribution in [2.75, 3.05) is 5.73 Å². The molecule has 0 aliphatic rings. The van der Waals surface area contributed by atoms with Crippen LogP contribution in [0.1, 0.15) is 5.69 Å². The van der Waals surface area contributed by atoms with Crippen LogP contribution in [0.4, 0.5) is 5.69 Å². The van der Waals surface area contributed by atoms with Gasteiger partial charge in [0.05, 0.1) is 10.7 Å². The monoisotopic (exact) mass is 252 g/mol. The summed E-state index contributed by atoms with van der Waals surface area (Å²) in [6, 6.07) is 3.50. The topological polar surface area (TPSA) is 64.7 Å². The SMILES string of the molecule is Cc1ccnc(Sc2ncc(Cl)cc2N)n1. The standard InChI is InChI=1S/C10H9ClN4S/c1-6-2-3-13-10(15-6)16-9-8(12)4-7(11)5-14-9/h2-5H,12H2,1H3. The normalized spacial score (nSPS) is 10.4. The third-order valence-electron chi connectivity index (χ3n) is 1.81. The number of nitrogens with zero attached hydrogens (tertiary/aromatic N) is 3. The van der Waals surface area contributed by atoms with E-state index < -0.39 is 0 Å². The van der Waals surface area contributed by atoms with Crippen molar-refractivity contribution in [2.24, 2.45) is 0 Å². The molecule has 82 valence electrons. The van der Waals surface area contributed by atoms with Gasteiger partial charge in [-0.15, -0.1) is 0 Å². The van der Waals surface area contributed by atoms with Gasteiger partial charge < -0.3 is 5.73 Å². The molecule has 0 aliphatic heterocycles. The van der Waals surface area contributed by atoms with Crippen molar-refractivity contribution in [1.29, 1.82) is 0 Å². The van der Waals surface area contributed by atoms with Gasteiger partial charge in [-0.2, -0.15) is 0 Å². The maximum atomic E-state index is 5.78. The van der Waals surface area contributed by atoms with Crippen LogP contribution in [0.5, 0.6) is 0 Å². The number of hydrogen-bond donors (Lipinski definition) is 1. The molecule has 6 heteroatoms. The van der Waals surface area contributed by atoms with Crippen molar-refractivity contribution in [1.82, 2.24) is 15.0 Å². The summed E-state index contributed by atoms with van der Waals surface area (Å²) >= 11 is 7.08. The van der Waals surface area contributed by atoms with Gasteiger partial charge in [-0.3, -0.25) is 0 Å². The van der Waals surface area contributed by atoms with Gasteiger partial charge in [-0.25, -0.2) is 15.0 Å². The zero-order chi connectivity index (χ0) is 11.5. The molecular weight excluding hydrogens is 244 g/mol. The molecule has 0 bridgehead atoms. The number of hydrogen-bond acceptors (Lipinski definition) is 5. The van der Waals surface area contributed by atoms with E-state index in [9.17, 15) is 0 Å². The van der Waals surface area contributed by atoms with E-state index in [0.717, 1.165) is 5.69 Å². The predicted octanol–water partition coefficient (Wildman–Crippen LogP) is 2.57. The van der Waals surface area contributed by atoms with E-state index in [0.29, 0.717) is 20.9 Å². The first-order valence-electron chi connectivity index (χ1n) is 4.53. The van der Waals surface area contributed by atoms with Crippen molar-refractivity contribution in [3.63, 3.8) is 0 Å². The van der Waals surface area contributed by atoms with Crippen LogP contribution < -0.4 is 5.73 Å². The molecule has 0 aliphatic carbocycles. The minimum absolute atomic E-state index is 0.520. The summed E-state index contributed by atoms with van der Waals surface area (Å²) in [5.74, 6) is 0. The highest BCUT2D eigenvalue weighted by Crippen LogP contribution is 2.28. The van der Waals surface area contributed by atoms with E-state index >= 15 is 0 Å². The maximum Gasteiger partial charge on any atom is 0.194 e. The first-order valence-corrected chi connectivity index (χ1v) is 5.73. The second-order valence-corrected chi connectivity index (χ2v) is 4.52. The van der Waals surface area contributed by atoms with Crippen LogP contribution in [-0.2, 0) is 0 Å². The number of aryl methyl sites for hydroxylation is 1. The van der Waals surface area contributed by atoms with Gasteiger partial charge in [0.2, 0.25) is 0 Å². The first kappa shape index (κ1) is 11.2. The zero-order valence-electron chi connectivity index (χ0n) is 8.51. The zero-order valence-corrected chi connectivity index (χ0v) is 10.1. The van der Waals surface area contributed by atoms with E-state index in [2.05, 4.69) is 15.0 Å². The third-order valence-corrected chi connectivity index (χ3v) is 2.93. The van der Waals surface area contributed by atoms with Crippen molar-refractivity contribution in [3.05, 3.63) is 35.2 Å². The molecule has 0 saturated carbocycles.